The molecule has 1 aliphatic rings. The molecule has 0 radical (unpaired) electrons. The summed E-state index contributed by atoms with van der Waals surface area (Å²) in [4.78, 5) is 2.49. The zero-order valence-electron chi connectivity index (χ0n) is 11.5. The van der Waals surface area contributed by atoms with Crippen LogP contribution >= 0.6 is 11.6 Å². The first-order valence-electron chi connectivity index (χ1n) is 6.80. The van der Waals surface area contributed by atoms with Crippen LogP contribution in [0, 0.1) is 5.92 Å². The van der Waals surface area contributed by atoms with Crippen molar-refractivity contribution in [3.63, 3.8) is 0 Å². The van der Waals surface area contributed by atoms with Gasteiger partial charge in [-0.15, -0.1) is 0 Å². The third kappa shape index (κ3) is 3.18. The lowest BCUT2D eigenvalue weighted by Crippen LogP contribution is -2.29. The molecule has 2 nitrogen and oxygen atoms in total. The molecule has 1 aliphatic carbocycles. The van der Waals surface area contributed by atoms with Crippen LogP contribution in [0.15, 0.2) is 18.2 Å². The SMILES string of the molecule is CC(C)CN(c1ccc(C(C)N)c(Cl)c1)C1CC1. The predicted molar refractivity (Wildman–Crippen MR) is 79.3 cm³/mol. The van der Waals surface area contributed by atoms with Gasteiger partial charge in [0.1, 0.15) is 0 Å². The maximum atomic E-state index is 6.32. The van der Waals surface area contributed by atoms with Gasteiger partial charge in [0.05, 0.1) is 0 Å². The van der Waals surface area contributed by atoms with Gasteiger partial charge in [0.2, 0.25) is 0 Å². The van der Waals surface area contributed by atoms with Crippen molar-refractivity contribution < 1.29 is 0 Å². The molecule has 100 valence electrons. The summed E-state index contributed by atoms with van der Waals surface area (Å²) >= 11 is 6.32. The van der Waals surface area contributed by atoms with E-state index in [1.807, 2.05) is 6.92 Å². The Morgan fingerprint density at radius 3 is 2.44 bits per heavy atom. The number of nitrogens with zero attached hydrogens (tertiary/aromatic N) is 1. The molecule has 2 N–H and O–H groups in total. The van der Waals surface area contributed by atoms with Gasteiger partial charge in [0.25, 0.3) is 0 Å². The number of benzene rings is 1. The van der Waals surface area contributed by atoms with Crippen LogP contribution in [0.2, 0.25) is 5.02 Å². The standard InChI is InChI=1S/C15H23ClN2/c1-10(2)9-18(12-4-5-12)13-6-7-14(11(3)17)15(16)8-13/h6-8,10-12H,4-5,9,17H2,1-3H3. The molecule has 18 heavy (non-hydrogen) atoms. The van der Waals surface area contributed by atoms with Crippen molar-refractivity contribution in [1.29, 1.82) is 0 Å². The van der Waals surface area contributed by atoms with E-state index in [2.05, 4.69) is 36.9 Å². The van der Waals surface area contributed by atoms with Crippen LogP contribution in [-0.4, -0.2) is 12.6 Å². The minimum absolute atomic E-state index is 0.00831. The van der Waals surface area contributed by atoms with Crippen molar-refractivity contribution in [2.75, 3.05) is 11.4 Å². The molecule has 1 unspecified atom stereocenters. The van der Waals surface area contributed by atoms with Crippen LogP contribution in [-0.2, 0) is 0 Å². The second-order valence-corrected chi connectivity index (χ2v) is 6.18. The Hall–Kier alpha value is -0.730. The number of nitrogens with two attached hydrogens (primary N) is 1. The van der Waals surface area contributed by atoms with Gasteiger partial charge in [-0.1, -0.05) is 31.5 Å². The van der Waals surface area contributed by atoms with E-state index in [9.17, 15) is 0 Å². The summed E-state index contributed by atoms with van der Waals surface area (Å²) in [7, 11) is 0. The Balaban J connectivity index is 2.22. The van der Waals surface area contributed by atoms with Gasteiger partial charge in [-0.05, 0) is 43.4 Å². The highest BCUT2D eigenvalue weighted by atomic mass is 35.5. The Morgan fingerprint density at radius 1 is 1.33 bits per heavy atom. The maximum Gasteiger partial charge on any atom is 0.0474 e. The van der Waals surface area contributed by atoms with Gasteiger partial charge in [0.15, 0.2) is 0 Å². The summed E-state index contributed by atoms with van der Waals surface area (Å²) in [5, 5.41) is 0.789. The monoisotopic (exact) mass is 266 g/mol. The van der Waals surface area contributed by atoms with Gasteiger partial charge >= 0.3 is 0 Å². The van der Waals surface area contributed by atoms with Gasteiger partial charge < -0.3 is 10.6 Å². The summed E-state index contributed by atoms with van der Waals surface area (Å²) in [6.45, 7) is 7.58. The fourth-order valence-corrected chi connectivity index (χ4v) is 2.66. The summed E-state index contributed by atoms with van der Waals surface area (Å²) in [6, 6.07) is 7.00. The smallest absolute Gasteiger partial charge is 0.0474 e. The zero-order chi connectivity index (χ0) is 13.3. The molecule has 3 heteroatoms. The molecule has 0 bridgehead atoms. The molecule has 0 spiro atoms. The van der Waals surface area contributed by atoms with Crippen LogP contribution in [0.5, 0.6) is 0 Å². The zero-order valence-corrected chi connectivity index (χ0v) is 12.2. The minimum atomic E-state index is -0.00831. The van der Waals surface area contributed by atoms with Crippen LogP contribution in [0.25, 0.3) is 0 Å². The molecular formula is C15H23ClN2. The van der Waals surface area contributed by atoms with Gasteiger partial charge in [-0.2, -0.15) is 0 Å². The first-order chi connectivity index (χ1) is 8.49. The summed E-state index contributed by atoms with van der Waals surface area (Å²) < 4.78 is 0. The molecule has 1 fully saturated rings. The summed E-state index contributed by atoms with van der Waals surface area (Å²) in [5.74, 6) is 0.664. The average Bonchev–Trinajstić information content (AvgIpc) is 3.08. The van der Waals surface area contributed by atoms with E-state index in [1.165, 1.54) is 18.5 Å². The molecule has 1 aromatic rings. The highest BCUT2D eigenvalue weighted by molar-refractivity contribution is 6.31. The highest BCUT2D eigenvalue weighted by Crippen LogP contribution is 2.35. The molecule has 0 aliphatic heterocycles. The normalized spacial score (nSPS) is 17.0. The molecule has 0 amide bonds. The predicted octanol–water partition coefficient (Wildman–Crippen LogP) is 3.98. The Bertz CT molecular complexity index is 411. The molecule has 1 saturated carbocycles. The third-order valence-corrected chi connectivity index (χ3v) is 3.68. The summed E-state index contributed by atoms with van der Waals surface area (Å²) in [5.41, 5.74) is 8.16. The molecule has 0 aromatic heterocycles. The largest absolute Gasteiger partial charge is 0.368 e. The quantitative estimate of drug-likeness (QED) is 0.873. The van der Waals surface area contributed by atoms with Crippen LogP contribution < -0.4 is 10.6 Å². The van der Waals surface area contributed by atoms with Gasteiger partial charge in [-0.3, -0.25) is 0 Å². The minimum Gasteiger partial charge on any atom is -0.368 e. The first kappa shape index (κ1) is 13.7. The van der Waals surface area contributed by atoms with Gasteiger partial charge in [0, 0.05) is 29.3 Å². The number of halogens is 1. The topological polar surface area (TPSA) is 29.3 Å². The Labute approximate surface area is 115 Å². The van der Waals surface area contributed by atoms with E-state index >= 15 is 0 Å². The van der Waals surface area contributed by atoms with E-state index < -0.39 is 0 Å². The second kappa shape index (κ2) is 5.50. The highest BCUT2D eigenvalue weighted by Gasteiger charge is 2.29. The molecule has 1 aromatic carbocycles. The molecule has 1 atom stereocenters. The van der Waals surface area contributed by atoms with E-state index in [4.69, 9.17) is 17.3 Å². The van der Waals surface area contributed by atoms with E-state index in [-0.39, 0.29) is 6.04 Å². The van der Waals surface area contributed by atoms with Crippen molar-refractivity contribution in [2.45, 2.75) is 45.7 Å². The maximum absolute atomic E-state index is 6.32. The van der Waals surface area contributed by atoms with Crippen molar-refractivity contribution in [2.24, 2.45) is 11.7 Å². The van der Waals surface area contributed by atoms with E-state index in [1.54, 1.807) is 0 Å². The molecule has 0 saturated heterocycles. The van der Waals surface area contributed by atoms with Gasteiger partial charge in [-0.25, -0.2) is 0 Å². The lowest BCUT2D eigenvalue weighted by Gasteiger charge is -2.27. The average molecular weight is 267 g/mol. The number of hydrogen-bond donors (Lipinski definition) is 1. The number of rotatable bonds is 5. The Kier molecular flexibility index (Phi) is 4.18. The lowest BCUT2D eigenvalue weighted by molar-refractivity contribution is 0.607. The van der Waals surface area contributed by atoms with Crippen molar-refractivity contribution in [3.8, 4) is 0 Å². The fraction of sp³-hybridized carbons (Fsp3) is 0.600. The van der Waals surface area contributed by atoms with Crippen molar-refractivity contribution in [3.05, 3.63) is 28.8 Å². The van der Waals surface area contributed by atoms with Crippen LogP contribution in [0.3, 0.4) is 0 Å². The number of anilines is 1. The molecular weight excluding hydrogens is 244 g/mol. The third-order valence-electron chi connectivity index (χ3n) is 3.36. The van der Waals surface area contributed by atoms with E-state index in [0.29, 0.717) is 12.0 Å². The van der Waals surface area contributed by atoms with E-state index in [0.717, 1.165) is 17.1 Å². The van der Waals surface area contributed by atoms with Crippen molar-refractivity contribution >= 4 is 17.3 Å². The Morgan fingerprint density at radius 2 is 2.00 bits per heavy atom. The lowest BCUT2D eigenvalue weighted by atomic mass is 10.1. The van der Waals surface area contributed by atoms with Crippen LogP contribution in [0.1, 0.15) is 45.2 Å². The first-order valence-corrected chi connectivity index (χ1v) is 7.18. The molecule has 2 rings (SSSR count). The van der Waals surface area contributed by atoms with Crippen LogP contribution in [0.4, 0.5) is 5.69 Å². The fourth-order valence-electron chi connectivity index (χ4n) is 2.31. The van der Waals surface area contributed by atoms with Crippen molar-refractivity contribution in [1.82, 2.24) is 0 Å². The second-order valence-electron chi connectivity index (χ2n) is 5.77. The molecule has 0 heterocycles. The number of hydrogen-bond acceptors (Lipinski definition) is 2. The summed E-state index contributed by atoms with van der Waals surface area (Å²) in [6.07, 6.45) is 2.61.